The third-order valence-electron chi connectivity index (χ3n) is 11.3. The molecule has 1 aliphatic carbocycles. The number of aromatic hydroxyl groups is 1. The smallest absolute Gasteiger partial charge is 0.319 e. The van der Waals surface area contributed by atoms with Crippen LogP contribution in [0.5, 0.6) is 11.8 Å². The number of ether oxygens (including phenoxy) is 1. The van der Waals surface area contributed by atoms with Gasteiger partial charge in [0.1, 0.15) is 41.4 Å². The van der Waals surface area contributed by atoms with Crippen LogP contribution in [0.3, 0.4) is 0 Å². The number of nitrogens with two attached hydrogens (primary N) is 1. The van der Waals surface area contributed by atoms with Crippen LogP contribution in [0.1, 0.15) is 57.4 Å². The fraction of sp³-hybridized carbons (Fsp3) is 0.500. The Morgan fingerprint density at radius 2 is 2.02 bits per heavy atom. The maximum Gasteiger partial charge on any atom is 0.319 e. The van der Waals surface area contributed by atoms with E-state index in [9.17, 15) is 14.3 Å². The first-order valence-corrected chi connectivity index (χ1v) is 16.9. The van der Waals surface area contributed by atoms with Crippen molar-refractivity contribution >= 4 is 33.4 Å². The molecule has 9 nitrogen and oxygen atoms in total. The number of halogens is 3. The summed E-state index contributed by atoms with van der Waals surface area (Å²) in [6.07, 6.45) is 6.00. The van der Waals surface area contributed by atoms with Gasteiger partial charge in [0, 0.05) is 44.2 Å². The van der Waals surface area contributed by atoms with E-state index >= 15 is 8.78 Å². The van der Waals surface area contributed by atoms with Crippen molar-refractivity contribution in [2.24, 2.45) is 17.1 Å². The molecule has 4 atom stereocenters. The molecule has 8 rings (SSSR count). The number of pyridine rings is 1. The lowest BCUT2D eigenvalue weighted by Crippen LogP contribution is -2.45. The van der Waals surface area contributed by atoms with Crippen molar-refractivity contribution in [1.82, 2.24) is 19.9 Å². The van der Waals surface area contributed by atoms with E-state index in [1.165, 1.54) is 24.4 Å². The van der Waals surface area contributed by atoms with Gasteiger partial charge in [0.05, 0.1) is 10.9 Å². The summed E-state index contributed by atoms with van der Waals surface area (Å²) in [5.74, 6) is -0.869. The summed E-state index contributed by atoms with van der Waals surface area (Å²) in [6.45, 7) is 4.33. The van der Waals surface area contributed by atoms with Crippen molar-refractivity contribution < 1.29 is 27.8 Å². The molecule has 5 heterocycles. The lowest BCUT2D eigenvalue weighted by molar-refractivity contribution is -0.120. The van der Waals surface area contributed by atoms with Crippen molar-refractivity contribution in [3.8, 4) is 23.0 Å². The number of nitrogens with zero attached hydrogens (tertiary/aromatic N) is 5. The van der Waals surface area contributed by atoms with Crippen LogP contribution in [0.15, 0.2) is 30.5 Å². The van der Waals surface area contributed by atoms with Crippen LogP contribution in [0.4, 0.5) is 19.0 Å². The molecule has 252 valence electrons. The van der Waals surface area contributed by atoms with E-state index in [4.69, 9.17) is 15.5 Å². The van der Waals surface area contributed by atoms with Gasteiger partial charge in [-0.05, 0) is 90.9 Å². The van der Waals surface area contributed by atoms with Crippen LogP contribution in [-0.2, 0) is 11.2 Å². The van der Waals surface area contributed by atoms with Crippen molar-refractivity contribution in [3.63, 3.8) is 0 Å². The average molecular weight is 661 g/mol. The summed E-state index contributed by atoms with van der Waals surface area (Å²) in [4.78, 5) is 30.3. The molecule has 3 saturated heterocycles. The summed E-state index contributed by atoms with van der Waals surface area (Å²) >= 11 is 0. The molecule has 2 aromatic carbocycles. The fourth-order valence-electron chi connectivity index (χ4n) is 9.35. The Labute approximate surface area is 276 Å². The number of aromatic nitrogens is 3. The van der Waals surface area contributed by atoms with Crippen LogP contribution in [-0.4, -0.2) is 75.4 Å². The number of alkyl halides is 1. The zero-order valence-corrected chi connectivity index (χ0v) is 26.9. The second kappa shape index (κ2) is 11.5. The number of fused-ring (bicyclic) bond motifs is 5. The van der Waals surface area contributed by atoms with E-state index < -0.39 is 23.3 Å². The Morgan fingerprint density at radius 3 is 2.83 bits per heavy atom. The number of hydrogen-bond acceptors (Lipinski definition) is 8. The van der Waals surface area contributed by atoms with Gasteiger partial charge in [0.25, 0.3) is 0 Å². The number of benzene rings is 2. The van der Waals surface area contributed by atoms with E-state index in [1.807, 2.05) is 6.92 Å². The first kappa shape index (κ1) is 31.1. The van der Waals surface area contributed by atoms with Crippen molar-refractivity contribution in [2.45, 2.75) is 70.0 Å². The van der Waals surface area contributed by atoms with Crippen molar-refractivity contribution in [3.05, 3.63) is 47.7 Å². The summed E-state index contributed by atoms with van der Waals surface area (Å²) in [6, 6.07) is 5.79. The van der Waals surface area contributed by atoms with Gasteiger partial charge in [-0.25, -0.2) is 13.2 Å². The standard InChI is InChI=1S/C36H39F3N6O3/c1-2-24-27(38)5-4-21-10-23(46)11-25(29(21)24)31-30(39)32-26(15-41-31)33(44-16-20-6-8-35(12-20,18-44)14-28(40)47)43-34(42-32)48-19-36-7-3-9-45(36)17-22(37)13-36/h4-5,10-11,15,20,22,46H,2-3,6-9,12-14,16-19H2,1H3,(H2,40,47)/t20?,22-,35?,36+/m1/s1. The van der Waals surface area contributed by atoms with E-state index in [-0.39, 0.29) is 52.9 Å². The summed E-state index contributed by atoms with van der Waals surface area (Å²) in [5, 5.41) is 12.0. The van der Waals surface area contributed by atoms with Gasteiger partial charge in [-0.3, -0.25) is 14.7 Å². The number of anilines is 1. The third-order valence-corrected chi connectivity index (χ3v) is 11.3. The number of aryl methyl sites for hydroxylation is 1. The molecule has 0 spiro atoms. The molecule has 4 aromatic rings. The normalized spacial score (nSPS) is 26.9. The number of carbonyl (C=O) groups excluding carboxylic acids is 1. The van der Waals surface area contributed by atoms with Gasteiger partial charge in [-0.15, -0.1) is 0 Å². The number of piperidine rings is 1. The van der Waals surface area contributed by atoms with Crippen LogP contribution in [0, 0.1) is 23.0 Å². The van der Waals surface area contributed by atoms with Gasteiger partial charge in [-0.1, -0.05) is 13.0 Å². The van der Waals surface area contributed by atoms with Gasteiger partial charge in [0.15, 0.2) is 5.82 Å². The Kier molecular flexibility index (Phi) is 7.43. The largest absolute Gasteiger partial charge is 0.508 e. The van der Waals surface area contributed by atoms with E-state index in [0.717, 1.165) is 38.6 Å². The minimum absolute atomic E-state index is 0.0246. The molecule has 2 unspecified atom stereocenters. The number of phenols is 1. The first-order chi connectivity index (χ1) is 23.1. The summed E-state index contributed by atoms with van der Waals surface area (Å²) in [7, 11) is 0. The van der Waals surface area contributed by atoms with E-state index in [1.54, 1.807) is 6.07 Å². The Bertz CT molecular complexity index is 1960. The Hall–Kier alpha value is -4.19. The van der Waals surface area contributed by atoms with Gasteiger partial charge in [0.2, 0.25) is 5.91 Å². The molecular formula is C36H39F3N6O3. The maximum atomic E-state index is 17.0. The minimum Gasteiger partial charge on any atom is -0.508 e. The molecule has 0 radical (unpaired) electrons. The lowest BCUT2D eigenvalue weighted by Gasteiger charge is -2.40. The topological polar surface area (TPSA) is 118 Å². The van der Waals surface area contributed by atoms with Crippen LogP contribution in [0.25, 0.3) is 32.9 Å². The molecule has 1 amide bonds. The summed E-state index contributed by atoms with van der Waals surface area (Å²) in [5.41, 5.74) is 5.46. The number of hydrogen-bond donors (Lipinski definition) is 2. The van der Waals surface area contributed by atoms with Crippen molar-refractivity contribution in [2.75, 3.05) is 37.7 Å². The highest BCUT2D eigenvalue weighted by Gasteiger charge is 2.50. The second-order valence-corrected chi connectivity index (χ2v) is 14.5. The van der Waals surface area contributed by atoms with E-state index in [2.05, 4.69) is 19.8 Å². The zero-order valence-electron chi connectivity index (χ0n) is 26.9. The highest BCUT2D eigenvalue weighted by atomic mass is 19.1. The maximum absolute atomic E-state index is 17.0. The van der Waals surface area contributed by atoms with Crippen molar-refractivity contribution in [1.29, 1.82) is 0 Å². The lowest BCUT2D eigenvalue weighted by atomic mass is 9.78. The third kappa shape index (κ3) is 5.10. The molecule has 4 fully saturated rings. The van der Waals surface area contributed by atoms with Crippen LogP contribution < -0.4 is 15.4 Å². The summed E-state index contributed by atoms with van der Waals surface area (Å²) < 4.78 is 52.8. The Morgan fingerprint density at radius 1 is 1.17 bits per heavy atom. The fourth-order valence-corrected chi connectivity index (χ4v) is 9.35. The number of amides is 1. The highest BCUT2D eigenvalue weighted by molar-refractivity contribution is 6.01. The molecule has 2 aromatic heterocycles. The quantitative estimate of drug-likeness (QED) is 0.243. The highest BCUT2D eigenvalue weighted by Crippen LogP contribution is 2.50. The molecule has 1 saturated carbocycles. The molecular weight excluding hydrogens is 621 g/mol. The second-order valence-electron chi connectivity index (χ2n) is 14.5. The number of phenolic OH excluding ortho intramolecular Hbond substituents is 1. The monoisotopic (exact) mass is 660 g/mol. The van der Waals surface area contributed by atoms with Gasteiger partial charge >= 0.3 is 6.01 Å². The predicted molar refractivity (Wildman–Crippen MR) is 176 cm³/mol. The average Bonchev–Trinajstić information content (AvgIpc) is 3.67. The molecule has 3 N–H and O–H groups in total. The van der Waals surface area contributed by atoms with Gasteiger partial charge in [-0.2, -0.15) is 9.97 Å². The predicted octanol–water partition coefficient (Wildman–Crippen LogP) is 5.83. The molecule has 4 aliphatic rings. The molecule has 3 aliphatic heterocycles. The Balaban J connectivity index is 1.27. The number of carbonyl (C=O) groups is 1. The minimum atomic E-state index is -0.937. The zero-order chi connectivity index (χ0) is 33.4. The van der Waals surface area contributed by atoms with Crippen LogP contribution >= 0.6 is 0 Å². The van der Waals surface area contributed by atoms with Gasteiger partial charge < -0.3 is 20.5 Å². The van der Waals surface area contributed by atoms with Crippen LogP contribution in [0.2, 0.25) is 0 Å². The number of rotatable bonds is 8. The molecule has 48 heavy (non-hydrogen) atoms. The SMILES string of the molecule is CCc1c(F)ccc2cc(O)cc(-c3ncc4c(N5CC6CCC(CC(N)=O)(C6)C5)nc(OC[C@@]56CCCN5C[C@H](F)C6)nc4c3F)c12. The van der Waals surface area contributed by atoms with E-state index in [0.29, 0.717) is 65.9 Å². The first-order valence-electron chi connectivity index (χ1n) is 16.9. The molecule has 2 bridgehead atoms. The number of primary amides is 1. The molecule has 12 heteroatoms.